The summed E-state index contributed by atoms with van der Waals surface area (Å²) in [5.41, 5.74) is 0. The quantitative estimate of drug-likeness (QED) is 0.0156. The van der Waals surface area contributed by atoms with Crippen LogP contribution in [0.2, 0.25) is 0 Å². The zero-order chi connectivity index (χ0) is 42.2. The molecule has 13 nitrogen and oxygen atoms in total. The summed E-state index contributed by atoms with van der Waals surface area (Å²) in [6.07, 6.45) is 23.4. The van der Waals surface area contributed by atoms with Crippen LogP contribution in [0, 0.1) is 0 Å². The maximum atomic E-state index is 12.8. The number of hydrogen-bond donors (Lipinski definition) is 6. The Morgan fingerprint density at radius 1 is 0.544 bits per heavy atom. The van der Waals surface area contributed by atoms with Crippen LogP contribution in [-0.4, -0.2) is 98.3 Å². The van der Waals surface area contributed by atoms with Gasteiger partial charge in [0.15, 0.2) is 6.10 Å². The Labute approximate surface area is 342 Å². The van der Waals surface area contributed by atoms with Gasteiger partial charge in [-0.1, -0.05) is 121 Å². The van der Waals surface area contributed by atoms with Crippen molar-refractivity contribution in [3.05, 3.63) is 36.5 Å². The molecule has 0 amide bonds. The zero-order valence-corrected chi connectivity index (χ0v) is 35.8. The number of hydrogen-bond acceptors (Lipinski definition) is 12. The van der Waals surface area contributed by atoms with Gasteiger partial charge in [0.05, 0.1) is 6.61 Å². The van der Waals surface area contributed by atoms with E-state index in [-0.39, 0.29) is 12.8 Å². The molecule has 8 atom stereocenters. The molecular formula is C43H77O13P. The Morgan fingerprint density at radius 3 is 1.47 bits per heavy atom. The number of aliphatic hydroxyl groups excluding tert-OH is 5. The molecule has 1 saturated carbocycles. The van der Waals surface area contributed by atoms with Crippen LogP contribution < -0.4 is 0 Å². The summed E-state index contributed by atoms with van der Waals surface area (Å²) in [4.78, 5) is 35.6. The normalized spacial score (nSPS) is 23.0. The molecule has 0 heterocycles. The van der Waals surface area contributed by atoms with Gasteiger partial charge in [0.2, 0.25) is 0 Å². The van der Waals surface area contributed by atoms with Gasteiger partial charge in [0.1, 0.15) is 43.2 Å². The minimum atomic E-state index is -5.12. The van der Waals surface area contributed by atoms with Crippen LogP contribution in [0.3, 0.4) is 0 Å². The molecule has 0 aliphatic heterocycles. The highest BCUT2D eigenvalue weighted by Crippen LogP contribution is 2.47. The number of ether oxygens (including phenoxy) is 2. The van der Waals surface area contributed by atoms with Crippen molar-refractivity contribution in [3.8, 4) is 0 Å². The Balaban J connectivity index is 2.51. The smallest absolute Gasteiger partial charge is 0.462 e. The van der Waals surface area contributed by atoms with E-state index < -0.39 is 75.7 Å². The fourth-order valence-corrected chi connectivity index (χ4v) is 7.34. The van der Waals surface area contributed by atoms with Crippen LogP contribution in [0.4, 0.5) is 0 Å². The lowest BCUT2D eigenvalue weighted by Crippen LogP contribution is -2.64. The van der Waals surface area contributed by atoms with Crippen molar-refractivity contribution in [3.63, 3.8) is 0 Å². The summed E-state index contributed by atoms with van der Waals surface area (Å²) in [5.74, 6) is -1.13. The SMILES string of the molecule is CCCCC/C=C\C/C=C\CCCCCCCC(=O)OC[C@H](COP(=O)(O)OC1C(O)C(O)C(O)[C@@H](O)C1O)OC(=O)CCCCCCC/C=C\CCCCCC. The van der Waals surface area contributed by atoms with Crippen LogP contribution in [0.15, 0.2) is 36.5 Å². The Kier molecular flexibility index (Phi) is 31.5. The van der Waals surface area contributed by atoms with E-state index in [2.05, 4.69) is 50.3 Å². The number of carbonyl (C=O) groups is 2. The van der Waals surface area contributed by atoms with Gasteiger partial charge in [-0.25, -0.2) is 4.57 Å². The second-order valence-electron chi connectivity index (χ2n) is 15.2. The number of aliphatic hydroxyl groups is 5. The highest BCUT2D eigenvalue weighted by Gasteiger charge is 2.51. The minimum Gasteiger partial charge on any atom is -0.462 e. The Hall–Kier alpha value is -1.93. The molecule has 1 fully saturated rings. The predicted molar refractivity (Wildman–Crippen MR) is 221 cm³/mol. The van der Waals surface area contributed by atoms with Crippen LogP contribution >= 0.6 is 7.82 Å². The molecule has 0 saturated heterocycles. The fraction of sp³-hybridized carbons (Fsp3) is 0.814. The number of phosphoric acid groups is 1. The maximum Gasteiger partial charge on any atom is 0.472 e. The molecule has 0 bridgehead atoms. The summed E-state index contributed by atoms with van der Waals surface area (Å²) in [6, 6.07) is 0. The number of phosphoric ester groups is 1. The number of allylic oxidation sites excluding steroid dienone is 6. The molecule has 0 spiro atoms. The second-order valence-corrected chi connectivity index (χ2v) is 16.6. The van der Waals surface area contributed by atoms with E-state index in [9.17, 15) is 44.6 Å². The third-order valence-corrected chi connectivity index (χ3v) is 10.9. The Morgan fingerprint density at radius 2 is 0.947 bits per heavy atom. The van der Waals surface area contributed by atoms with E-state index >= 15 is 0 Å². The van der Waals surface area contributed by atoms with E-state index in [1.165, 1.54) is 44.9 Å². The van der Waals surface area contributed by atoms with Crippen LogP contribution in [0.1, 0.15) is 168 Å². The average molecular weight is 833 g/mol. The minimum absolute atomic E-state index is 0.0833. The highest BCUT2D eigenvalue weighted by molar-refractivity contribution is 7.47. The standard InChI is InChI=1S/C43H77O13P/c1-3-5-7-9-11-13-15-17-18-20-21-23-25-27-29-31-36(44)53-33-35(34-54-57(51,52)56-43-41(49)39(47)38(46)40(48)42(43)50)55-37(45)32-30-28-26-24-22-19-16-14-12-10-8-6-4-2/h11,13-14,16-18,35,38-43,46-50H,3-10,12,15,19-34H2,1-2H3,(H,51,52)/b13-11-,16-14-,18-17-/t35-,38?,39-,40?,41?,42?,43?/m1/s1. The van der Waals surface area contributed by atoms with Gasteiger partial charge >= 0.3 is 19.8 Å². The average Bonchev–Trinajstić information content (AvgIpc) is 3.19. The summed E-state index contributed by atoms with van der Waals surface area (Å²) in [6.45, 7) is 3.22. The van der Waals surface area contributed by atoms with Crippen molar-refractivity contribution in [2.45, 2.75) is 211 Å². The van der Waals surface area contributed by atoms with Gasteiger partial charge in [-0.2, -0.15) is 0 Å². The van der Waals surface area contributed by atoms with Gasteiger partial charge in [-0.15, -0.1) is 0 Å². The first kappa shape index (κ1) is 53.1. The number of esters is 2. The van der Waals surface area contributed by atoms with E-state index in [4.69, 9.17) is 18.5 Å². The summed E-state index contributed by atoms with van der Waals surface area (Å²) < 4.78 is 33.4. The van der Waals surface area contributed by atoms with Crippen LogP contribution in [-0.2, 0) is 32.7 Å². The van der Waals surface area contributed by atoms with Crippen molar-refractivity contribution in [1.29, 1.82) is 0 Å². The van der Waals surface area contributed by atoms with Crippen molar-refractivity contribution in [1.82, 2.24) is 0 Å². The summed E-state index contributed by atoms with van der Waals surface area (Å²) in [5, 5.41) is 50.0. The first-order valence-electron chi connectivity index (χ1n) is 21.8. The van der Waals surface area contributed by atoms with Crippen molar-refractivity contribution < 1.29 is 63.1 Å². The van der Waals surface area contributed by atoms with Gasteiger partial charge in [-0.05, 0) is 70.6 Å². The first-order valence-corrected chi connectivity index (χ1v) is 23.3. The molecule has 0 radical (unpaired) electrons. The summed E-state index contributed by atoms with van der Waals surface area (Å²) in [7, 11) is -5.12. The molecule has 0 aromatic rings. The third kappa shape index (κ3) is 26.7. The molecule has 57 heavy (non-hydrogen) atoms. The molecule has 6 unspecified atom stereocenters. The first-order chi connectivity index (χ1) is 27.4. The van der Waals surface area contributed by atoms with Crippen LogP contribution in [0.25, 0.3) is 0 Å². The molecule has 332 valence electrons. The molecular weight excluding hydrogens is 755 g/mol. The number of rotatable bonds is 35. The van der Waals surface area contributed by atoms with Crippen molar-refractivity contribution in [2.24, 2.45) is 0 Å². The lowest BCUT2D eigenvalue weighted by Gasteiger charge is -2.41. The van der Waals surface area contributed by atoms with E-state index in [0.29, 0.717) is 12.8 Å². The van der Waals surface area contributed by atoms with E-state index in [1.807, 2.05) is 0 Å². The van der Waals surface area contributed by atoms with Gasteiger partial charge < -0.3 is 39.9 Å². The largest absolute Gasteiger partial charge is 0.472 e. The topological polar surface area (TPSA) is 210 Å². The van der Waals surface area contributed by atoms with Gasteiger partial charge in [0.25, 0.3) is 0 Å². The second kappa shape index (κ2) is 33.9. The number of carbonyl (C=O) groups excluding carboxylic acids is 2. The zero-order valence-electron chi connectivity index (χ0n) is 34.9. The van der Waals surface area contributed by atoms with Crippen molar-refractivity contribution in [2.75, 3.05) is 13.2 Å². The molecule has 1 aliphatic rings. The maximum absolute atomic E-state index is 12.8. The molecule has 6 N–H and O–H groups in total. The van der Waals surface area contributed by atoms with Crippen molar-refractivity contribution >= 4 is 19.8 Å². The van der Waals surface area contributed by atoms with Crippen LogP contribution in [0.5, 0.6) is 0 Å². The predicted octanol–water partition coefficient (Wildman–Crippen LogP) is 7.83. The Bertz CT molecular complexity index is 1150. The highest BCUT2D eigenvalue weighted by atomic mass is 31.2. The fourth-order valence-electron chi connectivity index (χ4n) is 6.37. The molecule has 0 aromatic heterocycles. The third-order valence-electron chi connectivity index (χ3n) is 9.95. The lowest BCUT2D eigenvalue weighted by atomic mass is 9.85. The van der Waals surface area contributed by atoms with E-state index in [0.717, 1.165) is 83.5 Å². The molecule has 0 aromatic carbocycles. The summed E-state index contributed by atoms with van der Waals surface area (Å²) >= 11 is 0. The van der Waals surface area contributed by atoms with Gasteiger partial charge in [0, 0.05) is 12.8 Å². The molecule has 1 rings (SSSR count). The molecule has 14 heteroatoms. The lowest BCUT2D eigenvalue weighted by molar-refractivity contribution is -0.220. The molecule has 1 aliphatic carbocycles. The van der Waals surface area contributed by atoms with E-state index in [1.54, 1.807) is 0 Å². The monoisotopic (exact) mass is 833 g/mol. The van der Waals surface area contributed by atoms with Gasteiger partial charge in [-0.3, -0.25) is 18.6 Å². The number of unbranched alkanes of at least 4 members (excludes halogenated alkanes) is 17.